The molecule has 1 aromatic carbocycles. The molecule has 1 aliphatic carbocycles. The van der Waals surface area contributed by atoms with Gasteiger partial charge in [0.15, 0.2) is 11.5 Å². The first-order valence-electron chi connectivity index (χ1n) is 12.2. The van der Waals surface area contributed by atoms with Gasteiger partial charge in [-0.2, -0.15) is 0 Å². The fraction of sp³-hybridized carbons (Fsp3) is 0.458. The van der Waals surface area contributed by atoms with Crippen molar-refractivity contribution >= 4 is 47.9 Å². The van der Waals surface area contributed by atoms with Crippen molar-refractivity contribution in [2.75, 3.05) is 12.1 Å². The summed E-state index contributed by atoms with van der Waals surface area (Å²) in [7, 11) is -3.84. The Morgan fingerprint density at radius 3 is 2.61 bits per heavy atom. The molecule has 4 N–H and O–H groups in total. The number of nitrogens with zero attached hydrogens (tertiary/aromatic N) is 4. The van der Waals surface area contributed by atoms with Gasteiger partial charge in [-0.15, -0.1) is 0 Å². The second kappa shape index (κ2) is 11.4. The highest BCUT2D eigenvalue weighted by Crippen LogP contribution is 2.40. The van der Waals surface area contributed by atoms with Crippen LogP contribution in [0.4, 0.5) is 5.82 Å². The van der Waals surface area contributed by atoms with Crippen molar-refractivity contribution < 1.29 is 23.6 Å². The van der Waals surface area contributed by atoms with Gasteiger partial charge in [0.05, 0.1) is 19.0 Å². The van der Waals surface area contributed by atoms with Crippen molar-refractivity contribution in [3.8, 4) is 0 Å². The topological polar surface area (TPSA) is 163 Å². The van der Waals surface area contributed by atoms with Crippen LogP contribution in [-0.2, 0) is 25.4 Å². The smallest absolute Gasteiger partial charge is 0.326 e. The fourth-order valence-electron chi connectivity index (χ4n) is 3.80. The first-order valence-corrected chi connectivity index (χ1v) is 14.4. The summed E-state index contributed by atoms with van der Waals surface area (Å²) in [6.45, 7) is 5.20. The Kier molecular flexibility index (Phi) is 8.37. The van der Waals surface area contributed by atoms with E-state index in [9.17, 15) is 14.2 Å². The molecule has 4 rings (SSSR count). The summed E-state index contributed by atoms with van der Waals surface area (Å²) < 4.78 is 27.2. The molecular weight excluding hydrogens is 533 g/mol. The van der Waals surface area contributed by atoms with E-state index >= 15 is 0 Å². The Morgan fingerprint density at radius 2 is 1.95 bits per heavy atom. The predicted octanol–water partition coefficient (Wildman–Crippen LogP) is 3.51. The van der Waals surface area contributed by atoms with E-state index in [2.05, 4.69) is 25.1 Å². The lowest BCUT2D eigenvalue weighted by Crippen LogP contribution is -2.50. The number of carbonyl (C=O) groups is 2. The van der Waals surface area contributed by atoms with E-state index < -0.39 is 37.3 Å². The summed E-state index contributed by atoms with van der Waals surface area (Å²) in [5.74, 6) is -0.903. The lowest BCUT2D eigenvalue weighted by atomic mass is 9.96. The number of hydrogen-bond donors (Lipinski definition) is 3. The minimum Gasteiger partial charge on any atom is -0.461 e. The van der Waals surface area contributed by atoms with E-state index in [1.807, 2.05) is 0 Å². The summed E-state index contributed by atoms with van der Waals surface area (Å²) in [5.41, 5.74) is 5.75. The normalized spacial score (nSPS) is 16.4. The number of rotatable bonds is 11. The van der Waals surface area contributed by atoms with Crippen LogP contribution in [0.3, 0.4) is 0 Å². The Morgan fingerprint density at radius 1 is 1.24 bits per heavy atom. The summed E-state index contributed by atoms with van der Waals surface area (Å²) in [5, 5.41) is 5.83. The highest BCUT2D eigenvalue weighted by Gasteiger charge is 2.40. The second-order valence-corrected chi connectivity index (χ2v) is 12.4. The zero-order valence-electron chi connectivity index (χ0n) is 21.4. The lowest BCUT2D eigenvalue weighted by molar-refractivity contribution is -0.159. The number of nitrogen functional groups attached to an aromatic ring is 1. The number of ether oxygens (including phenoxy) is 2. The molecule has 12 nitrogen and oxygen atoms in total. The summed E-state index contributed by atoms with van der Waals surface area (Å²) in [4.78, 5) is 38.2. The van der Waals surface area contributed by atoms with Crippen LogP contribution in [0, 0.1) is 0 Å². The second-order valence-electron chi connectivity index (χ2n) is 9.82. The van der Waals surface area contributed by atoms with Crippen LogP contribution in [0.1, 0.15) is 50.4 Å². The van der Waals surface area contributed by atoms with Gasteiger partial charge in [-0.1, -0.05) is 11.6 Å². The number of carbonyl (C=O) groups excluding carboxylic acids is 2. The number of halogens is 1. The SMILES string of the molecule is C[C@H](Cn1cnc2c(N)ncnc21)OC[P@](=O)(NC(=O)c1ccc(Cl)cc1)NC(C)(C)C(=O)OC1CCC1. The number of aromatic nitrogens is 4. The number of fused-ring (bicyclic) bond motifs is 1. The van der Waals surface area contributed by atoms with Crippen LogP contribution >= 0.6 is 19.0 Å². The van der Waals surface area contributed by atoms with E-state index in [0.29, 0.717) is 22.7 Å². The third kappa shape index (κ3) is 6.68. The first-order chi connectivity index (χ1) is 18.0. The summed E-state index contributed by atoms with van der Waals surface area (Å²) >= 11 is 5.93. The molecule has 38 heavy (non-hydrogen) atoms. The number of benzene rings is 1. The van der Waals surface area contributed by atoms with Gasteiger partial charge in [0, 0.05) is 10.6 Å². The average molecular weight is 564 g/mol. The molecule has 1 saturated carbocycles. The van der Waals surface area contributed by atoms with Crippen molar-refractivity contribution in [2.45, 2.75) is 64.3 Å². The molecule has 0 unspecified atom stereocenters. The van der Waals surface area contributed by atoms with Gasteiger partial charge < -0.3 is 19.8 Å². The molecule has 1 aliphatic rings. The monoisotopic (exact) mass is 563 g/mol. The van der Waals surface area contributed by atoms with Crippen LogP contribution in [-0.4, -0.2) is 55.5 Å². The molecule has 0 radical (unpaired) electrons. The molecule has 14 heteroatoms. The first kappa shape index (κ1) is 28.0. The largest absolute Gasteiger partial charge is 0.461 e. The van der Waals surface area contributed by atoms with Gasteiger partial charge in [0.1, 0.15) is 29.8 Å². The lowest BCUT2D eigenvalue weighted by Gasteiger charge is -2.34. The molecule has 1 amide bonds. The van der Waals surface area contributed by atoms with Crippen LogP contribution in [0.25, 0.3) is 11.2 Å². The van der Waals surface area contributed by atoms with E-state index in [-0.39, 0.29) is 17.5 Å². The van der Waals surface area contributed by atoms with Crippen molar-refractivity contribution in [1.29, 1.82) is 0 Å². The number of anilines is 1. The van der Waals surface area contributed by atoms with E-state index in [4.69, 9.17) is 26.8 Å². The third-order valence-electron chi connectivity index (χ3n) is 6.11. The number of imidazole rings is 1. The average Bonchev–Trinajstić information content (AvgIpc) is 3.24. The van der Waals surface area contributed by atoms with Gasteiger partial charge >= 0.3 is 5.97 Å². The van der Waals surface area contributed by atoms with Crippen molar-refractivity contribution in [1.82, 2.24) is 29.7 Å². The summed E-state index contributed by atoms with van der Waals surface area (Å²) in [6.07, 6.45) is 4.49. The Bertz CT molecular complexity index is 1360. The molecule has 204 valence electrons. The van der Waals surface area contributed by atoms with Gasteiger partial charge in [0.2, 0.25) is 0 Å². The molecule has 3 aromatic rings. The number of hydrogen-bond acceptors (Lipinski definition) is 9. The van der Waals surface area contributed by atoms with Crippen molar-refractivity contribution in [3.05, 3.63) is 47.5 Å². The van der Waals surface area contributed by atoms with Crippen molar-refractivity contribution in [3.63, 3.8) is 0 Å². The Hall–Kier alpha value is -3.05. The minimum absolute atomic E-state index is 0.147. The molecule has 2 heterocycles. The Balaban J connectivity index is 1.48. The van der Waals surface area contributed by atoms with E-state index in [0.717, 1.165) is 19.3 Å². The van der Waals surface area contributed by atoms with E-state index in [1.54, 1.807) is 43.8 Å². The predicted molar refractivity (Wildman–Crippen MR) is 143 cm³/mol. The molecule has 0 bridgehead atoms. The quantitative estimate of drug-likeness (QED) is 0.232. The van der Waals surface area contributed by atoms with Gasteiger partial charge in [-0.05, 0) is 64.3 Å². The highest BCUT2D eigenvalue weighted by molar-refractivity contribution is 7.60. The zero-order valence-corrected chi connectivity index (χ0v) is 23.0. The molecule has 2 aromatic heterocycles. The van der Waals surface area contributed by atoms with Crippen LogP contribution in [0.2, 0.25) is 5.02 Å². The van der Waals surface area contributed by atoms with Crippen molar-refractivity contribution in [2.24, 2.45) is 0 Å². The number of nitrogens with one attached hydrogen (secondary N) is 2. The number of amides is 1. The fourth-order valence-corrected chi connectivity index (χ4v) is 6.03. The summed E-state index contributed by atoms with van der Waals surface area (Å²) in [6, 6.07) is 6.14. The Labute approximate surface area is 225 Å². The van der Waals surface area contributed by atoms with Crippen LogP contribution in [0.15, 0.2) is 36.9 Å². The number of nitrogens with two attached hydrogens (primary N) is 1. The molecule has 0 aliphatic heterocycles. The molecule has 2 atom stereocenters. The van der Waals surface area contributed by atoms with Crippen LogP contribution < -0.4 is 15.9 Å². The molecule has 0 saturated heterocycles. The van der Waals surface area contributed by atoms with Gasteiger partial charge in [0.25, 0.3) is 13.4 Å². The van der Waals surface area contributed by atoms with Gasteiger partial charge in [-0.3, -0.25) is 19.2 Å². The van der Waals surface area contributed by atoms with Crippen LogP contribution in [0.5, 0.6) is 0 Å². The maximum atomic E-state index is 14.1. The standard InChI is InChI=1S/C24H31ClN7O5P/c1-15(11-32-13-29-19-20(26)27-12-28-21(19)32)36-14-38(35,30-22(33)16-7-9-17(25)10-8-16)31-24(2,3)23(34)37-18-5-4-6-18/h7-10,12-13,15,18H,4-6,11,14H2,1-3H3,(H2,26,27,28)(H2,30,31,33,35)/t15-,38+/m1/s1. The van der Waals surface area contributed by atoms with Gasteiger partial charge in [-0.25, -0.2) is 20.0 Å². The maximum Gasteiger partial charge on any atom is 0.326 e. The maximum absolute atomic E-state index is 14.1. The third-order valence-corrected chi connectivity index (χ3v) is 8.36. The zero-order chi connectivity index (χ0) is 27.5. The number of esters is 1. The highest BCUT2D eigenvalue weighted by atomic mass is 35.5. The van der Waals surface area contributed by atoms with E-state index in [1.165, 1.54) is 18.5 Å². The minimum atomic E-state index is -3.84. The molecule has 1 fully saturated rings. The molecule has 0 spiro atoms. The molecular formula is C24H31ClN7O5P.